The van der Waals surface area contributed by atoms with Crippen molar-refractivity contribution in [2.75, 3.05) is 11.9 Å². The van der Waals surface area contributed by atoms with Gasteiger partial charge in [-0.25, -0.2) is 0 Å². The minimum Gasteiger partial charge on any atom is -0.492 e. The van der Waals surface area contributed by atoms with E-state index in [1.165, 1.54) is 0 Å². The summed E-state index contributed by atoms with van der Waals surface area (Å²) in [5.41, 5.74) is 1.79. The van der Waals surface area contributed by atoms with Crippen molar-refractivity contribution in [3.63, 3.8) is 0 Å². The van der Waals surface area contributed by atoms with Crippen LogP contribution in [0.1, 0.15) is 30.9 Å². The van der Waals surface area contributed by atoms with Crippen LogP contribution in [0.15, 0.2) is 48.5 Å². The van der Waals surface area contributed by atoms with Crippen LogP contribution in [0.5, 0.6) is 5.75 Å². The highest BCUT2D eigenvalue weighted by atomic mass is 16.5. The largest absolute Gasteiger partial charge is 0.492 e. The number of amides is 2. The van der Waals surface area contributed by atoms with Gasteiger partial charge in [-0.15, -0.1) is 0 Å². The molecule has 0 radical (unpaired) electrons. The van der Waals surface area contributed by atoms with Gasteiger partial charge in [0.05, 0.1) is 12.3 Å². The zero-order valence-electron chi connectivity index (χ0n) is 15.2. The number of anilines is 1. The maximum Gasteiger partial charge on any atom is 0.240 e. The number of aryl methyl sites for hydroxylation is 1. The van der Waals surface area contributed by atoms with E-state index in [2.05, 4.69) is 10.6 Å². The molecule has 0 bridgehead atoms. The highest BCUT2D eigenvalue weighted by Gasteiger charge is 2.56. The molecule has 5 heteroatoms. The molecule has 0 aliphatic heterocycles. The number of hydrogen-bond donors (Lipinski definition) is 2. The average molecular weight is 352 g/mol. The number of rotatable bonds is 7. The molecule has 0 unspecified atom stereocenters. The predicted molar refractivity (Wildman–Crippen MR) is 101 cm³/mol. The Morgan fingerprint density at radius 3 is 2.54 bits per heavy atom. The standard InChI is InChI=1S/C21H24N2O3/c1-3-26-18-10-5-4-9-17(18)23-20(25)21(11-12-21)19(24)22-14-16-8-6-7-15(2)13-16/h4-10,13H,3,11-12,14H2,1-2H3,(H,22,24)(H,23,25). The van der Waals surface area contributed by atoms with Crippen molar-refractivity contribution >= 4 is 17.5 Å². The lowest BCUT2D eigenvalue weighted by atomic mass is 10.0. The molecule has 5 nitrogen and oxygen atoms in total. The summed E-state index contributed by atoms with van der Waals surface area (Å²) in [5, 5.41) is 5.77. The minimum atomic E-state index is -0.969. The quantitative estimate of drug-likeness (QED) is 0.750. The van der Waals surface area contributed by atoms with Crippen molar-refractivity contribution in [3.8, 4) is 5.75 Å². The first-order valence-electron chi connectivity index (χ1n) is 8.92. The average Bonchev–Trinajstić information content (AvgIpc) is 3.44. The SMILES string of the molecule is CCOc1ccccc1NC(=O)C1(C(=O)NCc2cccc(C)c2)CC1. The van der Waals surface area contributed by atoms with E-state index in [1.54, 1.807) is 12.1 Å². The molecule has 1 saturated carbocycles. The van der Waals surface area contributed by atoms with E-state index in [0.29, 0.717) is 37.4 Å². The molecule has 1 aliphatic carbocycles. The Kier molecular flexibility index (Phi) is 5.26. The van der Waals surface area contributed by atoms with Crippen molar-refractivity contribution in [1.82, 2.24) is 5.32 Å². The summed E-state index contributed by atoms with van der Waals surface area (Å²) in [6.07, 6.45) is 1.13. The number of ether oxygens (including phenoxy) is 1. The molecule has 1 aliphatic rings. The van der Waals surface area contributed by atoms with E-state index in [1.807, 2.05) is 50.2 Å². The number of nitrogens with one attached hydrogen (secondary N) is 2. The van der Waals surface area contributed by atoms with Crippen LogP contribution >= 0.6 is 0 Å². The van der Waals surface area contributed by atoms with Crippen LogP contribution in [0.4, 0.5) is 5.69 Å². The minimum absolute atomic E-state index is 0.217. The molecule has 0 heterocycles. The van der Waals surface area contributed by atoms with Crippen LogP contribution in [-0.4, -0.2) is 18.4 Å². The van der Waals surface area contributed by atoms with Gasteiger partial charge in [0.2, 0.25) is 11.8 Å². The molecule has 1 fully saturated rings. The molecule has 3 rings (SSSR count). The van der Waals surface area contributed by atoms with E-state index < -0.39 is 5.41 Å². The summed E-state index contributed by atoms with van der Waals surface area (Å²) < 4.78 is 5.53. The number of carbonyl (C=O) groups is 2. The first-order chi connectivity index (χ1) is 12.5. The Morgan fingerprint density at radius 2 is 1.85 bits per heavy atom. The summed E-state index contributed by atoms with van der Waals surface area (Å²) in [6, 6.07) is 15.2. The van der Waals surface area contributed by atoms with Crippen LogP contribution < -0.4 is 15.4 Å². The van der Waals surface area contributed by atoms with E-state index in [-0.39, 0.29) is 11.8 Å². The molecule has 0 spiro atoms. The Morgan fingerprint density at radius 1 is 1.08 bits per heavy atom. The van der Waals surface area contributed by atoms with E-state index in [0.717, 1.165) is 11.1 Å². The van der Waals surface area contributed by atoms with Gasteiger partial charge in [-0.3, -0.25) is 9.59 Å². The Bertz CT molecular complexity index is 812. The summed E-state index contributed by atoms with van der Waals surface area (Å²) in [7, 11) is 0. The number of benzene rings is 2. The van der Waals surface area contributed by atoms with E-state index in [4.69, 9.17) is 4.74 Å². The molecule has 0 saturated heterocycles. The summed E-state index contributed by atoms with van der Waals surface area (Å²) in [4.78, 5) is 25.4. The molecule has 136 valence electrons. The van der Waals surface area contributed by atoms with Gasteiger partial charge in [-0.2, -0.15) is 0 Å². The predicted octanol–water partition coefficient (Wildman–Crippen LogP) is 3.43. The number of hydrogen-bond acceptors (Lipinski definition) is 3. The second-order valence-corrected chi connectivity index (χ2v) is 6.64. The van der Waals surface area contributed by atoms with Crippen LogP contribution in [0, 0.1) is 12.3 Å². The summed E-state index contributed by atoms with van der Waals surface area (Å²) in [6.45, 7) is 4.83. The zero-order chi connectivity index (χ0) is 18.6. The number of carbonyl (C=O) groups excluding carboxylic acids is 2. The molecule has 2 amide bonds. The van der Waals surface area contributed by atoms with Gasteiger partial charge >= 0.3 is 0 Å². The number of para-hydroxylation sites is 2. The van der Waals surface area contributed by atoms with Crippen molar-refractivity contribution in [2.24, 2.45) is 5.41 Å². The van der Waals surface area contributed by atoms with Gasteiger partial charge in [0.1, 0.15) is 11.2 Å². The molecular formula is C21H24N2O3. The maximum absolute atomic E-state index is 12.7. The summed E-state index contributed by atoms with van der Waals surface area (Å²) in [5.74, 6) is 0.121. The Balaban J connectivity index is 1.64. The second-order valence-electron chi connectivity index (χ2n) is 6.64. The van der Waals surface area contributed by atoms with E-state index >= 15 is 0 Å². The fraction of sp³-hybridized carbons (Fsp3) is 0.333. The van der Waals surface area contributed by atoms with Crippen LogP contribution in [0.25, 0.3) is 0 Å². The van der Waals surface area contributed by atoms with Crippen LogP contribution in [0.3, 0.4) is 0 Å². The summed E-state index contributed by atoms with van der Waals surface area (Å²) >= 11 is 0. The molecule has 2 N–H and O–H groups in total. The van der Waals surface area contributed by atoms with Crippen molar-refractivity contribution < 1.29 is 14.3 Å². The maximum atomic E-state index is 12.7. The van der Waals surface area contributed by atoms with Crippen molar-refractivity contribution in [2.45, 2.75) is 33.2 Å². The molecule has 0 aromatic heterocycles. The first kappa shape index (κ1) is 18.0. The lowest BCUT2D eigenvalue weighted by Crippen LogP contribution is -2.39. The smallest absolute Gasteiger partial charge is 0.240 e. The third-order valence-corrected chi connectivity index (χ3v) is 4.59. The van der Waals surface area contributed by atoms with Gasteiger partial charge < -0.3 is 15.4 Å². The van der Waals surface area contributed by atoms with Gasteiger partial charge in [0.25, 0.3) is 0 Å². The van der Waals surface area contributed by atoms with Gasteiger partial charge in [0.15, 0.2) is 0 Å². The molecular weight excluding hydrogens is 328 g/mol. The Hall–Kier alpha value is -2.82. The van der Waals surface area contributed by atoms with Crippen molar-refractivity contribution in [1.29, 1.82) is 0 Å². The Labute approximate surface area is 153 Å². The first-order valence-corrected chi connectivity index (χ1v) is 8.92. The zero-order valence-corrected chi connectivity index (χ0v) is 15.2. The third-order valence-electron chi connectivity index (χ3n) is 4.59. The normalized spacial score (nSPS) is 14.4. The lowest BCUT2D eigenvalue weighted by molar-refractivity contribution is -0.134. The molecule has 2 aromatic rings. The topological polar surface area (TPSA) is 67.4 Å². The van der Waals surface area contributed by atoms with Crippen LogP contribution in [-0.2, 0) is 16.1 Å². The monoisotopic (exact) mass is 352 g/mol. The molecule has 2 aromatic carbocycles. The fourth-order valence-electron chi connectivity index (χ4n) is 2.95. The van der Waals surface area contributed by atoms with Gasteiger partial charge in [0, 0.05) is 6.54 Å². The van der Waals surface area contributed by atoms with E-state index in [9.17, 15) is 9.59 Å². The highest BCUT2D eigenvalue weighted by Crippen LogP contribution is 2.47. The fourth-order valence-corrected chi connectivity index (χ4v) is 2.95. The highest BCUT2D eigenvalue weighted by molar-refractivity contribution is 6.13. The van der Waals surface area contributed by atoms with Gasteiger partial charge in [-0.05, 0) is 44.4 Å². The lowest BCUT2D eigenvalue weighted by Gasteiger charge is -2.17. The third kappa shape index (κ3) is 3.87. The van der Waals surface area contributed by atoms with Crippen molar-refractivity contribution in [3.05, 3.63) is 59.7 Å². The molecule has 26 heavy (non-hydrogen) atoms. The van der Waals surface area contributed by atoms with Crippen LogP contribution in [0.2, 0.25) is 0 Å². The molecule has 0 atom stereocenters. The van der Waals surface area contributed by atoms with Gasteiger partial charge in [-0.1, -0.05) is 42.0 Å². The second kappa shape index (κ2) is 7.60.